The normalized spacial score (nSPS) is 11.1. The van der Waals surface area contributed by atoms with Crippen LogP contribution in [0.25, 0.3) is 5.65 Å². The summed E-state index contributed by atoms with van der Waals surface area (Å²) in [6.45, 7) is 0. The van der Waals surface area contributed by atoms with Crippen molar-refractivity contribution in [3.8, 4) is 0 Å². The first-order valence-electron chi connectivity index (χ1n) is 4.53. The molecule has 2 rings (SSSR count). The predicted molar refractivity (Wildman–Crippen MR) is 50.2 cm³/mol. The third-order valence-electron chi connectivity index (χ3n) is 2.06. The molecule has 0 amide bonds. The summed E-state index contributed by atoms with van der Waals surface area (Å²) in [5.41, 5.74) is 0.684. The van der Waals surface area contributed by atoms with E-state index >= 15 is 0 Å². The van der Waals surface area contributed by atoms with Crippen molar-refractivity contribution in [1.29, 1.82) is 0 Å². The van der Waals surface area contributed by atoms with E-state index in [1.54, 1.807) is 36.0 Å². The molecular formula is C8H7Cl2N3O6. The Kier molecular flexibility index (Phi) is 4.63. The van der Waals surface area contributed by atoms with Crippen LogP contribution in [0.5, 0.6) is 0 Å². The van der Waals surface area contributed by atoms with E-state index < -0.39 is 15.2 Å². The molecule has 0 aliphatic rings. The van der Waals surface area contributed by atoms with Crippen molar-refractivity contribution in [3.63, 3.8) is 0 Å². The Morgan fingerprint density at radius 1 is 1.32 bits per heavy atom. The number of hydrogen-bond donors (Lipinski definition) is 0. The van der Waals surface area contributed by atoms with Gasteiger partial charge in [-0.2, -0.15) is 4.40 Å². The highest BCUT2D eigenvalue weighted by atomic mass is 35.7. The van der Waals surface area contributed by atoms with Crippen molar-refractivity contribution in [2.75, 3.05) is 0 Å². The Bertz CT molecular complexity index is 602. The summed E-state index contributed by atoms with van der Waals surface area (Å²) in [4.78, 5) is 10.2. The smallest absolute Gasteiger partial charge is 0.358 e. The average Bonchev–Trinajstić information content (AvgIpc) is 2.50. The lowest BCUT2D eigenvalue weighted by Crippen LogP contribution is -2.68. The lowest BCUT2D eigenvalue weighted by molar-refractivity contribution is -2.00. The Labute approximate surface area is 113 Å². The first-order chi connectivity index (χ1) is 8.63. The van der Waals surface area contributed by atoms with Crippen LogP contribution < -0.4 is 23.2 Å². The van der Waals surface area contributed by atoms with Gasteiger partial charge in [0, 0.05) is 6.07 Å². The highest BCUT2D eigenvalue weighted by Gasteiger charge is 2.26. The van der Waals surface area contributed by atoms with E-state index in [0.717, 1.165) is 0 Å². The zero-order valence-electron chi connectivity index (χ0n) is 9.36. The Balaban J connectivity index is 0.000000312. The van der Waals surface area contributed by atoms with Gasteiger partial charge in [0.25, 0.3) is 10.8 Å². The summed E-state index contributed by atoms with van der Waals surface area (Å²) < 4.78 is 37.0. The van der Waals surface area contributed by atoms with Crippen LogP contribution in [0.1, 0.15) is 0 Å². The number of pyridine rings is 1. The molecule has 0 aliphatic carbocycles. The van der Waals surface area contributed by atoms with E-state index in [0.29, 0.717) is 5.65 Å². The summed E-state index contributed by atoms with van der Waals surface area (Å²) in [6, 6.07) is 5.28. The third-order valence-corrected chi connectivity index (χ3v) is 2.48. The second-order valence-corrected chi connectivity index (χ2v) is 4.35. The number of aryl methyl sites for hydroxylation is 1. The summed E-state index contributed by atoms with van der Waals surface area (Å²) in [7, 11) is -3.26. The van der Waals surface area contributed by atoms with E-state index in [1.807, 2.05) is 0 Å². The highest BCUT2D eigenvalue weighted by molar-refractivity contribution is 6.30. The zero-order valence-corrected chi connectivity index (χ0v) is 10.9. The lowest BCUT2D eigenvalue weighted by atomic mass is 10.5. The van der Waals surface area contributed by atoms with Crippen LogP contribution in [0.3, 0.4) is 0 Å². The number of imidazole rings is 1. The van der Waals surface area contributed by atoms with Gasteiger partial charge in [0.05, 0.1) is 7.05 Å². The molecule has 0 unspecified atom stereocenters. The monoisotopic (exact) mass is 311 g/mol. The van der Waals surface area contributed by atoms with Gasteiger partial charge in [0.1, 0.15) is 6.20 Å². The van der Waals surface area contributed by atoms with E-state index in [9.17, 15) is 10.1 Å². The molecule has 0 bridgehead atoms. The van der Waals surface area contributed by atoms with Gasteiger partial charge in [-0.05, 0) is 22.6 Å². The second-order valence-electron chi connectivity index (χ2n) is 3.24. The molecular weight excluding hydrogens is 305 g/mol. The number of nitrogens with zero attached hydrogens (tertiary/aromatic N) is 3. The topological polar surface area (TPSA) is 144 Å². The number of hydrogen-bond acceptors (Lipinski definition) is 6. The van der Waals surface area contributed by atoms with Gasteiger partial charge in [-0.3, -0.25) is 0 Å². The first kappa shape index (κ1) is 15.6. The number of aromatic nitrogens is 2. The van der Waals surface area contributed by atoms with Gasteiger partial charge in [0.15, 0.2) is 0 Å². The van der Waals surface area contributed by atoms with E-state index in [-0.39, 0.29) is 11.0 Å². The lowest BCUT2D eigenvalue weighted by Gasteiger charge is -2.17. The molecule has 0 aromatic carbocycles. The van der Waals surface area contributed by atoms with Crippen molar-refractivity contribution in [1.82, 2.24) is 4.40 Å². The number of rotatable bonds is 1. The molecule has 2 heterocycles. The standard InChI is InChI=1S/C8H7ClN3O2.ClHO4/c1-10-6-4-2-3-5-11(6)8(7(10)9)12(13)14;2-1(3,4)5/h2-5H,1H3;(H,2,3,4,5)/q+1;/p-1. The van der Waals surface area contributed by atoms with Crippen LogP contribution in [0.2, 0.25) is 5.15 Å². The molecule has 19 heavy (non-hydrogen) atoms. The summed E-state index contributed by atoms with van der Waals surface area (Å²) in [5.74, 6) is -0.107. The van der Waals surface area contributed by atoms with Crippen molar-refractivity contribution in [3.05, 3.63) is 39.7 Å². The molecule has 0 saturated carbocycles. The number of nitro groups is 1. The molecule has 104 valence electrons. The molecule has 0 N–H and O–H groups in total. The van der Waals surface area contributed by atoms with Crippen molar-refractivity contribution < 1.29 is 38.4 Å². The van der Waals surface area contributed by atoms with Crippen LogP contribution in [-0.2, 0) is 7.05 Å². The molecule has 11 heteroatoms. The van der Waals surface area contributed by atoms with Crippen molar-refractivity contribution >= 4 is 23.1 Å². The van der Waals surface area contributed by atoms with E-state index in [2.05, 4.69) is 0 Å². The SMILES string of the molecule is C[n+]1c(Cl)c([N+](=O)[O-])n2ccccc21.[O-][Cl+3]([O-])([O-])[O-]. The van der Waals surface area contributed by atoms with Gasteiger partial charge in [-0.25, -0.2) is 23.2 Å². The molecule has 0 radical (unpaired) electrons. The fourth-order valence-electron chi connectivity index (χ4n) is 1.40. The Morgan fingerprint density at radius 3 is 2.32 bits per heavy atom. The van der Waals surface area contributed by atoms with Crippen molar-refractivity contribution in [2.24, 2.45) is 7.05 Å². The van der Waals surface area contributed by atoms with E-state index in [1.165, 1.54) is 4.40 Å². The van der Waals surface area contributed by atoms with Gasteiger partial charge >= 0.3 is 5.82 Å². The first-order valence-corrected chi connectivity index (χ1v) is 6.15. The van der Waals surface area contributed by atoms with Gasteiger partial charge in [-0.1, -0.05) is 6.07 Å². The fraction of sp³-hybridized carbons (Fsp3) is 0.125. The minimum atomic E-state index is -4.94. The summed E-state index contributed by atoms with van der Waals surface area (Å²) >= 11 is 5.83. The quantitative estimate of drug-likeness (QED) is 0.304. The van der Waals surface area contributed by atoms with Crippen LogP contribution in [0, 0.1) is 20.4 Å². The largest absolute Gasteiger partial charge is 0.390 e. The minimum absolute atomic E-state index is 0.107. The molecule has 0 saturated heterocycles. The van der Waals surface area contributed by atoms with E-state index in [4.69, 9.17) is 30.2 Å². The maximum Gasteiger partial charge on any atom is 0.390 e. The van der Waals surface area contributed by atoms with Gasteiger partial charge < -0.3 is 10.1 Å². The van der Waals surface area contributed by atoms with Crippen LogP contribution in [-0.4, -0.2) is 9.32 Å². The minimum Gasteiger partial charge on any atom is -0.358 e. The molecule has 0 atom stereocenters. The highest BCUT2D eigenvalue weighted by Crippen LogP contribution is 2.22. The predicted octanol–water partition coefficient (Wildman–Crippen LogP) is -3.43. The number of halogens is 2. The molecule has 2 aromatic heterocycles. The molecule has 2 aromatic rings. The van der Waals surface area contributed by atoms with Gasteiger partial charge in [-0.15, -0.1) is 10.2 Å². The fourth-order valence-corrected chi connectivity index (χ4v) is 1.65. The van der Waals surface area contributed by atoms with Crippen molar-refractivity contribution in [2.45, 2.75) is 0 Å². The Morgan fingerprint density at radius 2 is 1.84 bits per heavy atom. The Hall–Kier alpha value is -1.49. The molecule has 0 aliphatic heterocycles. The maximum atomic E-state index is 10.7. The summed E-state index contributed by atoms with van der Waals surface area (Å²) in [5, 5.41) is 10.9. The number of fused-ring (bicyclic) bond motifs is 1. The zero-order chi connectivity index (χ0) is 14.8. The van der Waals surface area contributed by atoms with Crippen LogP contribution in [0.4, 0.5) is 5.82 Å². The summed E-state index contributed by atoms with van der Waals surface area (Å²) in [6.07, 6.45) is 1.61. The second kappa shape index (κ2) is 5.65. The van der Waals surface area contributed by atoms with Crippen LogP contribution in [0.15, 0.2) is 24.4 Å². The maximum absolute atomic E-state index is 10.7. The van der Waals surface area contributed by atoms with Gasteiger partial charge in [0.2, 0.25) is 0 Å². The average molecular weight is 312 g/mol. The molecule has 0 spiro atoms. The van der Waals surface area contributed by atoms with Crippen LogP contribution >= 0.6 is 11.6 Å². The molecule has 9 nitrogen and oxygen atoms in total. The third kappa shape index (κ3) is 3.99. The molecule has 0 fully saturated rings.